The molecule has 2 nitrogen and oxygen atoms in total. The molecule has 1 N–H and O–H groups in total. The van der Waals surface area contributed by atoms with Crippen molar-refractivity contribution < 1.29 is 4.74 Å². The normalized spacial score (nSPS) is 12.4. The summed E-state index contributed by atoms with van der Waals surface area (Å²) in [6.45, 7) is 1.83. The van der Waals surface area contributed by atoms with E-state index in [9.17, 15) is 0 Å². The van der Waals surface area contributed by atoms with Gasteiger partial charge in [0, 0.05) is 3.58 Å². The van der Waals surface area contributed by atoms with Crippen LogP contribution >= 0.6 is 34.2 Å². The molecule has 0 aliphatic rings. The lowest BCUT2D eigenvalue weighted by Crippen LogP contribution is -1.95. The molecule has 0 radical (unpaired) electrons. The number of allylic oxidation sites excluding steroid dienone is 2. The van der Waals surface area contributed by atoms with Crippen molar-refractivity contribution >= 4 is 39.4 Å². The van der Waals surface area contributed by atoms with Crippen LogP contribution in [-0.4, -0.2) is 12.3 Å². The summed E-state index contributed by atoms with van der Waals surface area (Å²) in [5.41, 5.74) is 0. The van der Waals surface area contributed by atoms with Crippen LogP contribution in [0, 0.1) is 5.41 Å². The van der Waals surface area contributed by atoms with Crippen LogP contribution < -0.4 is 0 Å². The number of nitrogens with one attached hydrogen (secondary N) is 1. The molecule has 0 fully saturated rings. The third-order valence-electron chi connectivity index (χ3n) is 0.716. The minimum atomic E-state index is -0.0515. The average molecular weight is 259 g/mol. The van der Waals surface area contributed by atoms with Gasteiger partial charge in [-0.05, 0) is 29.5 Å². The Bertz CT molecular complexity index is 151. The molecule has 9 heavy (non-hydrogen) atoms. The Morgan fingerprint density at radius 1 is 1.67 bits per heavy atom. The van der Waals surface area contributed by atoms with E-state index >= 15 is 0 Å². The highest BCUT2D eigenvalue weighted by Crippen LogP contribution is 2.14. The van der Waals surface area contributed by atoms with Gasteiger partial charge in [0.05, 0.1) is 7.11 Å². The van der Waals surface area contributed by atoms with Crippen molar-refractivity contribution in [2.45, 2.75) is 6.92 Å². The highest BCUT2D eigenvalue weighted by Gasteiger charge is 2.02. The predicted molar refractivity (Wildman–Crippen MR) is 47.3 cm³/mol. The fourth-order valence-electron chi connectivity index (χ4n) is 0.381. The molecule has 0 atom stereocenters. The van der Waals surface area contributed by atoms with Gasteiger partial charge < -0.3 is 4.74 Å². The van der Waals surface area contributed by atoms with Crippen molar-refractivity contribution in [3.05, 3.63) is 9.34 Å². The first-order valence-corrected chi connectivity index (χ1v) is 3.70. The topological polar surface area (TPSA) is 33.1 Å². The molecule has 4 heteroatoms. The van der Waals surface area contributed by atoms with Gasteiger partial charge in [-0.1, -0.05) is 11.6 Å². The van der Waals surface area contributed by atoms with E-state index in [4.69, 9.17) is 21.7 Å². The molecule has 0 rings (SSSR count). The van der Waals surface area contributed by atoms with E-state index in [1.807, 2.05) is 29.5 Å². The first-order valence-electron chi connectivity index (χ1n) is 2.24. The molecule has 0 aromatic rings. The Kier molecular flexibility index (Phi) is 4.22. The van der Waals surface area contributed by atoms with E-state index in [0.717, 1.165) is 3.58 Å². The highest BCUT2D eigenvalue weighted by atomic mass is 127. The largest absolute Gasteiger partial charge is 0.493 e. The van der Waals surface area contributed by atoms with Crippen molar-refractivity contribution in [3.63, 3.8) is 0 Å². The van der Waals surface area contributed by atoms with Gasteiger partial charge in [-0.25, -0.2) is 0 Å². The van der Waals surface area contributed by atoms with Crippen LogP contribution in [0.5, 0.6) is 0 Å². The van der Waals surface area contributed by atoms with Crippen LogP contribution in [0.25, 0.3) is 0 Å². The number of hydrogen-bond acceptors (Lipinski definition) is 2. The predicted octanol–water partition coefficient (Wildman–Crippen LogP) is 2.52. The highest BCUT2D eigenvalue weighted by molar-refractivity contribution is 14.1. The summed E-state index contributed by atoms with van der Waals surface area (Å²) in [5.74, 6) is 0.442. The standard InChI is InChI=1S/C5H7ClINO/c1-3(7)4(9-2)5(6)8/h8H,1-2H3/b4-3-,8-5?. The van der Waals surface area contributed by atoms with E-state index in [-0.39, 0.29) is 5.17 Å². The summed E-state index contributed by atoms with van der Waals surface area (Å²) in [4.78, 5) is 0. The van der Waals surface area contributed by atoms with Crippen LogP contribution in [0.1, 0.15) is 6.92 Å². The summed E-state index contributed by atoms with van der Waals surface area (Å²) in [6.07, 6.45) is 0. The lowest BCUT2D eigenvalue weighted by atomic mass is 10.5. The molecule has 0 bridgehead atoms. The van der Waals surface area contributed by atoms with Crippen LogP contribution in [0.2, 0.25) is 0 Å². The van der Waals surface area contributed by atoms with Gasteiger partial charge in [0.15, 0.2) is 10.9 Å². The minimum Gasteiger partial charge on any atom is -0.493 e. The molecular formula is C5H7ClINO. The number of rotatable bonds is 2. The summed E-state index contributed by atoms with van der Waals surface area (Å²) >= 11 is 7.38. The van der Waals surface area contributed by atoms with Crippen LogP contribution in [0.15, 0.2) is 9.34 Å². The molecule has 0 saturated carbocycles. The van der Waals surface area contributed by atoms with Crippen molar-refractivity contribution in [2.75, 3.05) is 7.11 Å². The van der Waals surface area contributed by atoms with Gasteiger partial charge in [-0.2, -0.15) is 0 Å². The number of hydrogen-bond donors (Lipinski definition) is 1. The molecule has 0 amide bonds. The van der Waals surface area contributed by atoms with E-state index in [1.54, 1.807) is 0 Å². The number of ether oxygens (including phenoxy) is 1. The number of methoxy groups -OCH3 is 1. The molecular weight excluding hydrogens is 252 g/mol. The molecule has 0 aliphatic heterocycles. The summed E-state index contributed by atoms with van der Waals surface area (Å²) < 4.78 is 5.67. The Labute approximate surface area is 72.9 Å². The Morgan fingerprint density at radius 2 is 2.11 bits per heavy atom. The Balaban J connectivity index is 4.35. The first-order chi connectivity index (χ1) is 4.09. The van der Waals surface area contributed by atoms with Crippen LogP contribution in [0.3, 0.4) is 0 Å². The molecule has 0 saturated heterocycles. The zero-order valence-electron chi connectivity index (χ0n) is 5.16. The van der Waals surface area contributed by atoms with Gasteiger partial charge in [-0.3, -0.25) is 5.41 Å². The smallest absolute Gasteiger partial charge is 0.164 e. The van der Waals surface area contributed by atoms with Crippen LogP contribution in [0.4, 0.5) is 0 Å². The summed E-state index contributed by atoms with van der Waals surface area (Å²) in [6, 6.07) is 0. The quantitative estimate of drug-likeness (QED) is 0.461. The molecule has 0 aromatic heterocycles. The van der Waals surface area contributed by atoms with E-state index < -0.39 is 0 Å². The minimum absolute atomic E-state index is 0.0515. The third-order valence-corrected chi connectivity index (χ3v) is 1.38. The Morgan fingerprint density at radius 3 is 2.11 bits per heavy atom. The van der Waals surface area contributed by atoms with Gasteiger partial charge in [-0.15, -0.1) is 0 Å². The van der Waals surface area contributed by atoms with E-state index in [1.165, 1.54) is 7.11 Å². The molecule has 0 heterocycles. The van der Waals surface area contributed by atoms with Gasteiger partial charge in [0.2, 0.25) is 0 Å². The van der Waals surface area contributed by atoms with Crippen molar-refractivity contribution in [2.24, 2.45) is 0 Å². The first kappa shape index (κ1) is 9.23. The zero-order chi connectivity index (χ0) is 7.44. The van der Waals surface area contributed by atoms with Crippen molar-refractivity contribution in [1.82, 2.24) is 0 Å². The molecule has 0 spiro atoms. The molecule has 52 valence electrons. The second-order valence-electron chi connectivity index (χ2n) is 1.38. The zero-order valence-corrected chi connectivity index (χ0v) is 8.08. The van der Waals surface area contributed by atoms with Gasteiger partial charge in [0.25, 0.3) is 0 Å². The number of halogens is 2. The van der Waals surface area contributed by atoms with Crippen molar-refractivity contribution in [3.8, 4) is 0 Å². The molecule has 0 unspecified atom stereocenters. The average Bonchev–Trinajstić information content (AvgIpc) is 1.64. The fraction of sp³-hybridized carbons (Fsp3) is 0.400. The lowest BCUT2D eigenvalue weighted by molar-refractivity contribution is 0.315. The maximum absolute atomic E-state index is 6.96. The van der Waals surface area contributed by atoms with E-state index in [2.05, 4.69) is 0 Å². The summed E-state index contributed by atoms with van der Waals surface area (Å²) in [7, 11) is 1.49. The third kappa shape index (κ3) is 3.05. The van der Waals surface area contributed by atoms with Crippen molar-refractivity contribution in [1.29, 1.82) is 5.41 Å². The van der Waals surface area contributed by atoms with Gasteiger partial charge in [0.1, 0.15) is 0 Å². The molecule has 0 aromatic carbocycles. The van der Waals surface area contributed by atoms with Gasteiger partial charge >= 0.3 is 0 Å². The fourth-order valence-corrected chi connectivity index (χ4v) is 1.25. The maximum Gasteiger partial charge on any atom is 0.164 e. The summed E-state index contributed by atoms with van der Waals surface area (Å²) in [5, 5.41) is 6.91. The second-order valence-corrected chi connectivity index (χ2v) is 3.38. The maximum atomic E-state index is 6.96. The second kappa shape index (κ2) is 4.11. The SMILES string of the molecule is CO/C(C(=N)Cl)=C(/C)I. The lowest BCUT2D eigenvalue weighted by Gasteiger charge is -2.01. The van der Waals surface area contributed by atoms with E-state index in [0.29, 0.717) is 5.76 Å². The Hall–Kier alpha value is 0.230. The van der Waals surface area contributed by atoms with Crippen LogP contribution in [-0.2, 0) is 4.74 Å². The molecule has 0 aliphatic carbocycles. The monoisotopic (exact) mass is 259 g/mol.